The smallest absolute Gasteiger partial charge is 0.201 e. The highest BCUT2D eigenvalue weighted by molar-refractivity contribution is 7.70. The molecule has 0 bridgehead atoms. The number of rotatable bonds is 6. The van der Waals surface area contributed by atoms with Crippen LogP contribution >= 0.6 is 0 Å². The fourth-order valence-corrected chi connectivity index (χ4v) is 0.990. The van der Waals surface area contributed by atoms with Gasteiger partial charge in [-0.05, 0) is 13.0 Å². The number of hydrogen-bond acceptors (Lipinski definition) is 3. The van der Waals surface area contributed by atoms with Crippen LogP contribution in [0.15, 0.2) is 0 Å². The van der Waals surface area contributed by atoms with Crippen LogP contribution < -0.4 is 10.0 Å². The van der Waals surface area contributed by atoms with Crippen molar-refractivity contribution in [2.45, 2.75) is 26.3 Å². The van der Waals surface area contributed by atoms with E-state index in [4.69, 9.17) is 0 Å². The average Bonchev–Trinajstić information content (AvgIpc) is 1.85. The van der Waals surface area contributed by atoms with Crippen LogP contribution in [-0.2, 0) is 10.9 Å². The minimum absolute atomic E-state index is 0.469. The Labute approximate surface area is 69.5 Å². The van der Waals surface area contributed by atoms with Crippen molar-refractivity contribution in [2.24, 2.45) is 0 Å². The summed E-state index contributed by atoms with van der Waals surface area (Å²) in [5, 5.41) is 3.18. The summed E-state index contributed by atoms with van der Waals surface area (Å²) < 4.78 is 22.3. The first kappa shape index (κ1) is 10.9. The van der Waals surface area contributed by atoms with Gasteiger partial charge in [-0.15, -0.1) is 0 Å². The molecule has 0 aromatic heterocycles. The molecule has 0 rings (SSSR count). The lowest BCUT2D eigenvalue weighted by Crippen LogP contribution is -2.26. The highest BCUT2D eigenvalue weighted by Gasteiger charge is 1.91. The van der Waals surface area contributed by atoms with Gasteiger partial charge in [0.05, 0.1) is 0 Å². The van der Waals surface area contributed by atoms with Crippen molar-refractivity contribution in [1.82, 2.24) is 10.0 Å². The zero-order chi connectivity index (χ0) is 8.69. The van der Waals surface area contributed by atoms with Crippen molar-refractivity contribution >= 4 is 10.9 Å². The predicted octanol–water partition coefficient (Wildman–Crippen LogP) is -0.510. The maximum absolute atomic E-state index is 10.0. The Morgan fingerprint density at radius 1 is 1.27 bits per heavy atom. The van der Waals surface area contributed by atoms with Gasteiger partial charge in [0.1, 0.15) is 0 Å². The van der Waals surface area contributed by atoms with Crippen LogP contribution in [0.3, 0.4) is 0 Å². The van der Waals surface area contributed by atoms with Gasteiger partial charge < -0.3 is 5.32 Å². The van der Waals surface area contributed by atoms with Gasteiger partial charge in [0.25, 0.3) is 0 Å². The molecule has 68 valence electrons. The normalized spacial score (nSPS) is 11.3. The number of hydrogen-bond donors (Lipinski definition) is 3. The molecule has 5 heteroatoms. The van der Waals surface area contributed by atoms with Crippen molar-refractivity contribution in [1.29, 1.82) is 0 Å². The molecule has 0 aromatic rings. The van der Waals surface area contributed by atoms with E-state index in [1.165, 1.54) is 0 Å². The molecule has 0 unspecified atom stereocenters. The Balaban J connectivity index is 3.03. The molecule has 0 amide bonds. The summed E-state index contributed by atoms with van der Waals surface area (Å²) >= 11 is 0. The van der Waals surface area contributed by atoms with Crippen molar-refractivity contribution in [2.75, 3.05) is 13.1 Å². The molecule has 0 aliphatic carbocycles. The first-order valence-electron chi connectivity index (χ1n) is 3.74. The molecule has 0 aliphatic heterocycles. The summed E-state index contributed by atoms with van der Waals surface area (Å²) in [5.74, 6) is 0. The lowest BCUT2D eigenvalue weighted by molar-refractivity contribution is 0.561. The van der Waals surface area contributed by atoms with E-state index in [0.29, 0.717) is 12.6 Å². The van der Waals surface area contributed by atoms with E-state index < -0.39 is 10.9 Å². The van der Waals surface area contributed by atoms with Crippen molar-refractivity contribution in [3.8, 4) is 0 Å². The quantitative estimate of drug-likeness (QED) is 0.381. The summed E-state index contributed by atoms with van der Waals surface area (Å²) in [6.45, 7) is 5.50. The minimum Gasteiger partial charge on any atom is -0.314 e. The van der Waals surface area contributed by atoms with Gasteiger partial charge in [-0.3, -0.25) is 0 Å². The molecule has 0 spiro atoms. The van der Waals surface area contributed by atoms with Crippen LogP contribution in [0.2, 0.25) is 0 Å². The Bertz CT molecular complexity index is 149. The summed E-state index contributed by atoms with van der Waals surface area (Å²) in [5.41, 5.74) is 0. The predicted molar refractivity (Wildman–Crippen MR) is 46.1 cm³/mol. The van der Waals surface area contributed by atoms with Crippen molar-refractivity contribution in [3.05, 3.63) is 0 Å². The third-order valence-electron chi connectivity index (χ3n) is 1.15. The summed E-state index contributed by atoms with van der Waals surface area (Å²) in [6.07, 6.45) is 0.835. The number of thiol groups is 1. The zero-order valence-electron chi connectivity index (χ0n) is 6.96. The van der Waals surface area contributed by atoms with Crippen LogP contribution in [0.1, 0.15) is 20.3 Å². The average molecular weight is 180 g/mol. The molecule has 4 nitrogen and oxygen atoms in total. The van der Waals surface area contributed by atoms with Crippen LogP contribution in [0.4, 0.5) is 0 Å². The lowest BCUT2D eigenvalue weighted by Gasteiger charge is -2.06. The molecular formula is C6H16N2O2S. The lowest BCUT2D eigenvalue weighted by atomic mass is 10.3. The second kappa shape index (κ2) is 6.57. The fraction of sp³-hybridized carbons (Fsp3) is 1.00. The fourth-order valence-electron chi connectivity index (χ4n) is 0.649. The SMILES string of the molecule is CC(C)NCCCN[SH](=O)=O. The maximum atomic E-state index is 10.0. The highest BCUT2D eigenvalue weighted by Crippen LogP contribution is 1.78. The van der Waals surface area contributed by atoms with Crippen molar-refractivity contribution in [3.63, 3.8) is 0 Å². The van der Waals surface area contributed by atoms with Gasteiger partial charge in [0.2, 0.25) is 10.9 Å². The van der Waals surface area contributed by atoms with E-state index in [0.717, 1.165) is 13.0 Å². The van der Waals surface area contributed by atoms with Gasteiger partial charge in [0.15, 0.2) is 0 Å². The molecule has 0 aromatic carbocycles. The van der Waals surface area contributed by atoms with Gasteiger partial charge in [0, 0.05) is 12.6 Å². The first-order chi connectivity index (χ1) is 5.13. The Morgan fingerprint density at radius 3 is 2.36 bits per heavy atom. The van der Waals surface area contributed by atoms with Crippen LogP contribution in [0.5, 0.6) is 0 Å². The van der Waals surface area contributed by atoms with Gasteiger partial charge in [-0.25, -0.2) is 13.1 Å². The zero-order valence-corrected chi connectivity index (χ0v) is 7.86. The summed E-state index contributed by atoms with van der Waals surface area (Å²) in [7, 11) is -2.41. The monoisotopic (exact) mass is 180 g/mol. The Morgan fingerprint density at radius 2 is 1.91 bits per heavy atom. The standard InChI is InChI=1S/C6H16N2O2S/c1-6(2)7-4-3-5-8-11(9)10/h6-7,11H,3-5H2,1-2H3,(H,8,9,10). The van der Waals surface area contributed by atoms with E-state index in [1.54, 1.807) is 0 Å². The summed E-state index contributed by atoms with van der Waals surface area (Å²) in [4.78, 5) is 0. The van der Waals surface area contributed by atoms with Gasteiger partial charge in [-0.2, -0.15) is 0 Å². The number of nitrogens with one attached hydrogen (secondary N) is 2. The molecule has 0 heterocycles. The maximum Gasteiger partial charge on any atom is 0.201 e. The van der Waals surface area contributed by atoms with Crippen LogP contribution in [0.25, 0.3) is 0 Å². The van der Waals surface area contributed by atoms with Gasteiger partial charge in [-0.1, -0.05) is 13.8 Å². The molecule has 0 atom stereocenters. The van der Waals surface area contributed by atoms with E-state index in [-0.39, 0.29) is 0 Å². The molecule has 2 N–H and O–H groups in total. The molecule has 11 heavy (non-hydrogen) atoms. The van der Waals surface area contributed by atoms with E-state index in [2.05, 4.69) is 23.9 Å². The molecule has 0 fully saturated rings. The minimum atomic E-state index is -2.41. The summed E-state index contributed by atoms with van der Waals surface area (Å²) in [6, 6.07) is 0.469. The molecular weight excluding hydrogens is 164 g/mol. The third-order valence-corrected chi connectivity index (χ3v) is 1.63. The third kappa shape index (κ3) is 9.87. The van der Waals surface area contributed by atoms with Crippen LogP contribution in [-0.4, -0.2) is 27.5 Å². The first-order valence-corrected chi connectivity index (χ1v) is 4.92. The second-order valence-corrected chi connectivity index (χ2v) is 3.46. The molecule has 0 saturated heterocycles. The van der Waals surface area contributed by atoms with Crippen LogP contribution in [0, 0.1) is 0 Å². The van der Waals surface area contributed by atoms with E-state index >= 15 is 0 Å². The second-order valence-electron chi connectivity index (χ2n) is 2.63. The molecule has 0 saturated carbocycles. The Hall–Kier alpha value is -0.130. The van der Waals surface area contributed by atoms with E-state index in [9.17, 15) is 8.42 Å². The largest absolute Gasteiger partial charge is 0.314 e. The van der Waals surface area contributed by atoms with Crippen molar-refractivity contribution < 1.29 is 8.42 Å². The molecule has 0 aliphatic rings. The van der Waals surface area contributed by atoms with Gasteiger partial charge >= 0.3 is 0 Å². The van der Waals surface area contributed by atoms with E-state index in [1.807, 2.05) is 0 Å². The highest BCUT2D eigenvalue weighted by atomic mass is 32.2. The topological polar surface area (TPSA) is 58.2 Å². The Kier molecular flexibility index (Phi) is 6.49. The molecule has 0 radical (unpaired) electrons.